The van der Waals surface area contributed by atoms with Gasteiger partial charge in [0.2, 0.25) is 11.7 Å². The molecule has 0 saturated carbocycles. The summed E-state index contributed by atoms with van der Waals surface area (Å²) in [5, 5.41) is 4.69. The number of nitrogens with zero attached hydrogens (tertiary/aromatic N) is 2. The second-order valence-corrected chi connectivity index (χ2v) is 5.71. The molecule has 2 rings (SSSR count). The third-order valence-electron chi connectivity index (χ3n) is 3.24. The molecular weight excluding hydrogens is 274 g/mol. The van der Waals surface area contributed by atoms with E-state index in [-0.39, 0.29) is 12.0 Å². The Hall–Kier alpha value is -1.39. The predicted octanol–water partition coefficient (Wildman–Crippen LogP) is 4.01. The number of rotatable bonds is 6. The van der Waals surface area contributed by atoms with Crippen molar-refractivity contribution in [1.82, 2.24) is 10.1 Å². The first-order chi connectivity index (χ1) is 9.56. The summed E-state index contributed by atoms with van der Waals surface area (Å²) in [6.07, 6.45) is 3.08. The molecule has 0 radical (unpaired) electrons. The molecule has 0 aliphatic rings. The maximum absolute atomic E-state index is 5.96. The molecule has 0 amide bonds. The minimum absolute atomic E-state index is 0.243. The first-order valence-corrected chi connectivity index (χ1v) is 7.29. The van der Waals surface area contributed by atoms with Crippen molar-refractivity contribution in [1.29, 1.82) is 0 Å². The molecule has 2 unspecified atom stereocenters. The zero-order chi connectivity index (χ0) is 14.5. The van der Waals surface area contributed by atoms with E-state index in [4.69, 9.17) is 21.9 Å². The van der Waals surface area contributed by atoms with Gasteiger partial charge in [0, 0.05) is 22.5 Å². The van der Waals surface area contributed by atoms with E-state index in [0.717, 1.165) is 24.8 Å². The fraction of sp³-hybridized carbons (Fsp3) is 0.467. The van der Waals surface area contributed by atoms with Crippen molar-refractivity contribution in [2.45, 2.75) is 45.1 Å². The van der Waals surface area contributed by atoms with Crippen LogP contribution >= 0.6 is 11.6 Å². The molecule has 20 heavy (non-hydrogen) atoms. The Morgan fingerprint density at radius 3 is 2.80 bits per heavy atom. The lowest BCUT2D eigenvalue weighted by Gasteiger charge is -2.07. The normalized spacial score (nSPS) is 14.2. The van der Waals surface area contributed by atoms with E-state index in [1.54, 1.807) is 0 Å². The molecule has 0 saturated heterocycles. The van der Waals surface area contributed by atoms with Gasteiger partial charge in [0.1, 0.15) is 0 Å². The van der Waals surface area contributed by atoms with Crippen molar-refractivity contribution in [3.05, 3.63) is 35.2 Å². The summed E-state index contributed by atoms with van der Waals surface area (Å²) < 4.78 is 5.34. The molecule has 108 valence electrons. The number of hydrogen-bond acceptors (Lipinski definition) is 4. The van der Waals surface area contributed by atoms with Gasteiger partial charge in [0.25, 0.3) is 0 Å². The highest BCUT2D eigenvalue weighted by atomic mass is 35.5. The topological polar surface area (TPSA) is 64.9 Å². The first-order valence-electron chi connectivity index (χ1n) is 6.91. The van der Waals surface area contributed by atoms with Gasteiger partial charge in [0.05, 0.1) is 0 Å². The molecule has 2 N–H and O–H groups in total. The van der Waals surface area contributed by atoms with Crippen molar-refractivity contribution in [2.75, 3.05) is 0 Å². The fourth-order valence-corrected chi connectivity index (χ4v) is 2.24. The molecule has 0 bridgehead atoms. The molecular formula is C15H20ClN3O. The van der Waals surface area contributed by atoms with Gasteiger partial charge in [0.15, 0.2) is 0 Å². The van der Waals surface area contributed by atoms with Crippen LogP contribution < -0.4 is 5.73 Å². The number of hydrogen-bond donors (Lipinski definition) is 1. The molecule has 0 spiro atoms. The number of nitrogens with two attached hydrogens (primary N) is 1. The number of aromatic nitrogens is 2. The van der Waals surface area contributed by atoms with Gasteiger partial charge >= 0.3 is 0 Å². The summed E-state index contributed by atoms with van der Waals surface area (Å²) >= 11 is 5.96. The van der Waals surface area contributed by atoms with Crippen LogP contribution in [0.15, 0.2) is 28.8 Å². The summed E-state index contributed by atoms with van der Waals surface area (Å²) in [5.74, 6) is 1.50. The maximum atomic E-state index is 5.96. The number of halogens is 1. The van der Waals surface area contributed by atoms with E-state index in [0.29, 0.717) is 16.7 Å². The molecule has 0 fully saturated rings. The van der Waals surface area contributed by atoms with E-state index in [9.17, 15) is 0 Å². The lowest BCUT2D eigenvalue weighted by Crippen LogP contribution is -2.14. The van der Waals surface area contributed by atoms with Gasteiger partial charge in [-0.15, -0.1) is 0 Å². The Bertz CT molecular complexity index is 554. The van der Waals surface area contributed by atoms with Crippen molar-refractivity contribution >= 4 is 11.6 Å². The molecule has 1 aromatic carbocycles. The molecule has 5 heteroatoms. The molecule has 0 aliphatic carbocycles. The summed E-state index contributed by atoms with van der Waals surface area (Å²) in [5.41, 5.74) is 6.62. The molecule has 4 nitrogen and oxygen atoms in total. The molecule has 2 aromatic rings. The van der Waals surface area contributed by atoms with E-state index in [2.05, 4.69) is 17.1 Å². The minimum atomic E-state index is 0.243. The van der Waals surface area contributed by atoms with Gasteiger partial charge in [-0.05, 0) is 31.9 Å². The Morgan fingerprint density at radius 2 is 2.10 bits per heavy atom. The van der Waals surface area contributed by atoms with E-state index >= 15 is 0 Å². The van der Waals surface area contributed by atoms with Gasteiger partial charge in [-0.25, -0.2) is 0 Å². The van der Waals surface area contributed by atoms with Crippen LogP contribution in [-0.4, -0.2) is 16.2 Å². The SMILES string of the molecule is CC(N)CCCC(C)c1nc(-c2cccc(Cl)c2)no1. The third-order valence-corrected chi connectivity index (χ3v) is 3.48. The minimum Gasteiger partial charge on any atom is -0.339 e. The summed E-state index contributed by atoms with van der Waals surface area (Å²) in [6, 6.07) is 7.69. The third kappa shape index (κ3) is 4.05. The van der Waals surface area contributed by atoms with E-state index in [1.807, 2.05) is 31.2 Å². The Balaban J connectivity index is 2.01. The van der Waals surface area contributed by atoms with Crippen molar-refractivity contribution in [3.8, 4) is 11.4 Å². The average molecular weight is 294 g/mol. The average Bonchev–Trinajstić information content (AvgIpc) is 2.87. The zero-order valence-electron chi connectivity index (χ0n) is 11.8. The maximum Gasteiger partial charge on any atom is 0.229 e. The van der Waals surface area contributed by atoms with Crippen LogP contribution in [0.2, 0.25) is 5.02 Å². The van der Waals surface area contributed by atoms with Crippen LogP contribution in [0.4, 0.5) is 0 Å². The highest BCUT2D eigenvalue weighted by Crippen LogP contribution is 2.24. The molecule has 1 aromatic heterocycles. The lowest BCUT2D eigenvalue weighted by molar-refractivity contribution is 0.350. The summed E-state index contributed by atoms with van der Waals surface area (Å²) in [7, 11) is 0. The second-order valence-electron chi connectivity index (χ2n) is 5.28. The van der Waals surface area contributed by atoms with Crippen LogP contribution in [0.25, 0.3) is 11.4 Å². The van der Waals surface area contributed by atoms with E-state index in [1.165, 1.54) is 0 Å². The van der Waals surface area contributed by atoms with Crippen molar-refractivity contribution in [2.24, 2.45) is 5.73 Å². The Morgan fingerprint density at radius 1 is 1.30 bits per heavy atom. The first kappa shape index (κ1) is 15.0. The van der Waals surface area contributed by atoms with Crippen molar-refractivity contribution < 1.29 is 4.52 Å². The fourth-order valence-electron chi connectivity index (χ4n) is 2.05. The van der Waals surface area contributed by atoms with Crippen LogP contribution in [-0.2, 0) is 0 Å². The standard InChI is InChI=1S/C15H20ClN3O/c1-10(5-3-6-11(2)17)15-18-14(19-20-15)12-7-4-8-13(16)9-12/h4,7-11H,3,5-6,17H2,1-2H3. The predicted molar refractivity (Wildman–Crippen MR) is 80.7 cm³/mol. The van der Waals surface area contributed by atoms with Gasteiger partial charge in [-0.3, -0.25) is 0 Å². The smallest absolute Gasteiger partial charge is 0.229 e. The monoisotopic (exact) mass is 293 g/mol. The van der Waals surface area contributed by atoms with Gasteiger partial charge in [-0.1, -0.05) is 42.2 Å². The highest BCUT2D eigenvalue weighted by Gasteiger charge is 2.15. The molecule has 1 heterocycles. The molecule has 2 atom stereocenters. The number of benzene rings is 1. The summed E-state index contributed by atoms with van der Waals surface area (Å²) in [4.78, 5) is 4.45. The van der Waals surface area contributed by atoms with Crippen molar-refractivity contribution in [3.63, 3.8) is 0 Å². The van der Waals surface area contributed by atoms with Crippen LogP contribution in [0.5, 0.6) is 0 Å². The summed E-state index contributed by atoms with van der Waals surface area (Å²) in [6.45, 7) is 4.12. The van der Waals surface area contributed by atoms with Gasteiger partial charge < -0.3 is 10.3 Å². The largest absolute Gasteiger partial charge is 0.339 e. The second kappa shape index (κ2) is 6.86. The van der Waals surface area contributed by atoms with E-state index < -0.39 is 0 Å². The highest BCUT2D eigenvalue weighted by molar-refractivity contribution is 6.30. The lowest BCUT2D eigenvalue weighted by atomic mass is 10.0. The van der Waals surface area contributed by atoms with Gasteiger partial charge in [-0.2, -0.15) is 4.98 Å². The molecule has 0 aliphatic heterocycles. The van der Waals surface area contributed by atoms with Crippen LogP contribution in [0, 0.1) is 0 Å². The Kier molecular flexibility index (Phi) is 5.15. The zero-order valence-corrected chi connectivity index (χ0v) is 12.6. The van der Waals surface area contributed by atoms with Crippen LogP contribution in [0.1, 0.15) is 44.9 Å². The Labute approximate surface area is 124 Å². The quantitative estimate of drug-likeness (QED) is 0.874. The van der Waals surface area contributed by atoms with Crippen LogP contribution in [0.3, 0.4) is 0 Å².